The number of benzene rings is 1. The van der Waals surface area contributed by atoms with E-state index >= 15 is 0 Å². The number of nitrogens with one attached hydrogen (secondary N) is 2. The standard InChI is InChI=1S/C14H15F3N4O/c15-14(16,17)13-19-12(20-21-13)9-1-3-10(4-2-9)22-11-5-7-18-8-6-11/h1-4,11,18H,5-8H2,(H,19,20,21). The van der Waals surface area contributed by atoms with Crippen LogP contribution in [0.15, 0.2) is 24.3 Å². The van der Waals surface area contributed by atoms with Crippen molar-refractivity contribution in [3.05, 3.63) is 30.1 Å². The van der Waals surface area contributed by atoms with Crippen LogP contribution in [-0.4, -0.2) is 34.4 Å². The minimum atomic E-state index is -4.52. The summed E-state index contributed by atoms with van der Waals surface area (Å²) in [7, 11) is 0. The van der Waals surface area contributed by atoms with Gasteiger partial charge < -0.3 is 10.1 Å². The molecular formula is C14H15F3N4O. The zero-order chi connectivity index (χ0) is 15.6. The first-order chi connectivity index (χ1) is 10.5. The third-order valence-electron chi connectivity index (χ3n) is 3.46. The Labute approximate surface area is 124 Å². The van der Waals surface area contributed by atoms with Gasteiger partial charge in [0.1, 0.15) is 11.9 Å². The third-order valence-corrected chi connectivity index (χ3v) is 3.46. The predicted molar refractivity (Wildman–Crippen MR) is 73.3 cm³/mol. The van der Waals surface area contributed by atoms with Gasteiger partial charge in [-0.25, -0.2) is 4.98 Å². The summed E-state index contributed by atoms with van der Waals surface area (Å²) >= 11 is 0. The molecule has 0 atom stereocenters. The maximum absolute atomic E-state index is 12.5. The molecule has 2 N–H and O–H groups in total. The number of H-pyrrole nitrogens is 1. The highest BCUT2D eigenvalue weighted by Gasteiger charge is 2.35. The molecule has 3 rings (SSSR count). The quantitative estimate of drug-likeness (QED) is 0.914. The number of hydrogen-bond donors (Lipinski definition) is 2. The lowest BCUT2D eigenvalue weighted by Gasteiger charge is -2.23. The number of hydrogen-bond acceptors (Lipinski definition) is 4. The van der Waals surface area contributed by atoms with Crippen molar-refractivity contribution in [2.45, 2.75) is 25.1 Å². The molecule has 1 aromatic heterocycles. The monoisotopic (exact) mass is 312 g/mol. The largest absolute Gasteiger partial charge is 0.490 e. The van der Waals surface area contributed by atoms with Crippen molar-refractivity contribution in [2.24, 2.45) is 0 Å². The Kier molecular flexibility index (Phi) is 4.02. The van der Waals surface area contributed by atoms with Gasteiger partial charge >= 0.3 is 6.18 Å². The fourth-order valence-corrected chi connectivity index (χ4v) is 2.31. The smallest absolute Gasteiger partial charge is 0.451 e. The van der Waals surface area contributed by atoms with Gasteiger partial charge in [-0.3, -0.25) is 5.10 Å². The molecule has 1 saturated heterocycles. The summed E-state index contributed by atoms with van der Waals surface area (Å²) in [6, 6.07) is 6.75. The minimum absolute atomic E-state index is 0.0146. The molecular weight excluding hydrogens is 297 g/mol. The molecule has 2 heterocycles. The van der Waals surface area contributed by atoms with Crippen LogP contribution in [-0.2, 0) is 6.18 Å². The minimum Gasteiger partial charge on any atom is -0.490 e. The average Bonchev–Trinajstić information content (AvgIpc) is 2.99. The fourth-order valence-electron chi connectivity index (χ4n) is 2.31. The normalized spacial score (nSPS) is 16.7. The topological polar surface area (TPSA) is 62.8 Å². The van der Waals surface area contributed by atoms with Crippen molar-refractivity contribution in [3.63, 3.8) is 0 Å². The highest BCUT2D eigenvalue weighted by atomic mass is 19.4. The van der Waals surface area contributed by atoms with E-state index in [-0.39, 0.29) is 11.9 Å². The van der Waals surface area contributed by atoms with Crippen LogP contribution in [0.3, 0.4) is 0 Å². The van der Waals surface area contributed by atoms with Crippen molar-refractivity contribution >= 4 is 0 Å². The number of alkyl halides is 3. The molecule has 1 aliphatic rings. The summed E-state index contributed by atoms with van der Waals surface area (Å²) in [4.78, 5) is 3.46. The van der Waals surface area contributed by atoms with Crippen LogP contribution in [0.25, 0.3) is 11.4 Å². The predicted octanol–water partition coefficient (Wildman–Crippen LogP) is 2.62. The molecule has 8 heteroatoms. The van der Waals surface area contributed by atoms with Gasteiger partial charge in [0.15, 0.2) is 5.82 Å². The van der Waals surface area contributed by atoms with Gasteiger partial charge in [0.2, 0.25) is 5.82 Å². The molecule has 2 aromatic rings. The Morgan fingerprint density at radius 3 is 2.36 bits per heavy atom. The lowest BCUT2D eigenvalue weighted by atomic mass is 10.1. The van der Waals surface area contributed by atoms with Gasteiger partial charge in [-0.05, 0) is 50.2 Å². The molecule has 5 nitrogen and oxygen atoms in total. The van der Waals surface area contributed by atoms with E-state index in [0.717, 1.165) is 25.9 Å². The molecule has 118 valence electrons. The number of nitrogens with zero attached hydrogens (tertiary/aromatic N) is 2. The van der Waals surface area contributed by atoms with Crippen LogP contribution in [0.1, 0.15) is 18.7 Å². The summed E-state index contributed by atoms with van der Waals surface area (Å²) in [6.07, 6.45) is -2.47. The first-order valence-electron chi connectivity index (χ1n) is 7.00. The second-order valence-corrected chi connectivity index (χ2v) is 5.10. The van der Waals surface area contributed by atoms with E-state index in [1.165, 1.54) is 0 Å². The molecule has 1 fully saturated rings. The SMILES string of the molecule is FC(F)(F)c1nc(-c2ccc(OC3CCNCC3)cc2)n[nH]1. The van der Waals surface area contributed by atoms with E-state index in [0.29, 0.717) is 11.3 Å². The van der Waals surface area contributed by atoms with Crippen LogP contribution in [0.2, 0.25) is 0 Å². The molecule has 0 aliphatic carbocycles. The van der Waals surface area contributed by atoms with Gasteiger partial charge in [-0.2, -0.15) is 18.3 Å². The van der Waals surface area contributed by atoms with Crippen LogP contribution < -0.4 is 10.1 Å². The van der Waals surface area contributed by atoms with Crippen molar-refractivity contribution in [1.29, 1.82) is 0 Å². The maximum Gasteiger partial charge on any atom is 0.451 e. The van der Waals surface area contributed by atoms with Crippen molar-refractivity contribution in [2.75, 3.05) is 13.1 Å². The van der Waals surface area contributed by atoms with Crippen LogP contribution in [0.5, 0.6) is 5.75 Å². The second-order valence-electron chi connectivity index (χ2n) is 5.10. The molecule has 0 amide bonds. The highest BCUT2D eigenvalue weighted by molar-refractivity contribution is 5.55. The Balaban J connectivity index is 1.69. The lowest BCUT2D eigenvalue weighted by Crippen LogP contribution is -2.34. The summed E-state index contributed by atoms with van der Waals surface area (Å²) in [6.45, 7) is 1.86. The molecule has 0 bridgehead atoms. The first-order valence-corrected chi connectivity index (χ1v) is 7.00. The number of piperidine rings is 1. The Bertz CT molecular complexity index is 618. The summed E-state index contributed by atoms with van der Waals surface area (Å²) in [5.41, 5.74) is 0.504. The van der Waals surface area contributed by atoms with E-state index in [2.05, 4.69) is 15.4 Å². The van der Waals surface area contributed by atoms with Crippen LogP contribution >= 0.6 is 0 Å². The summed E-state index contributed by atoms with van der Waals surface area (Å²) in [5, 5.41) is 8.75. The summed E-state index contributed by atoms with van der Waals surface area (Å²) in [5.74, 6) is -0.388. The van der Waals surface area contributed by atoms with Gasteiger partial charge in [-0.1, -0.05) is 0 Å². The molecule has 0 spiro atoms. The van der Waals surface area contributed by atoms with Crippen molar-refractivity contribution < 1.29 is 17.9 Å². The van der Waals surface area contributed by atoms with E-state index in [9.17, 15) is 13.2 Å². The molecule has 0 radical (unpaired) electrons. The van der Waals surface area contributed by atoms with Gasteiger partial charge in [-0.15, -0.1) is 0 Å². The second kappa shape index (κ2) is 5.96. The number of ether oxygens (including phenoxy) is 1. The number of halogens is 3. The molecule has 1 aliphatic heterocycles. The average molecular weight is 312 g/mol. The number of rotatable bonds is 3. The van der Waals surface area contributed by atoms with Gasteiger partial charge in [0, 0.05) is 5.56 Å². The zero-order valence-corrected chi connectivity index (χ0v) is 11.7. The van der Waals surface area contributed by atoms with Crippen LogP contribution in [0, 0.1) is 0 Å². The van der Waals surface area contributed by atoms with E-state index in [1.54, 1.807) is 24.3 Å². The van der Waals surface area contributed by atoms with E-state index < -0.39 is 12.0 Å². The maximum atomic E-state index is 12.5. The van der Waals surface area contributed by atoms with Gasteiger partial charge in [0.25, 0.3) is 0 Å². The Morgan fingerprint density at radius 2 is 1.77 bits per heavy atom. The lowest BCUT2D eigenvalue weighted by molar-refractivity contribution is -0.144. The number of aromatic amines is 1. The zero-order valence-electron chi connectivity index (χ0n) is 11.7. The van der Waals surface area contributed by atoms with E-state index in [1.807, 2.05) is 5.10 Å². The fraction of sp³-hybridized carbons (Fsp3) is 0.429. The van der Waals surface area contributed by atoms with Crippen molar-refractivity contribution in [3.8, 4) is 17.1 Å². The van der Waals surface area contributed by atoms with Crippen LogP contribution in [0.4, 0.5) is 13.2 Å². The molecule has 0 unspecified atom stereocenters. The molecule has 0 saturated carbocycles. The molecule has 1 aromatic carbocycles. The molecule has 22 heavy (non-hydrogen) atoms. The van der Waals surface area contributed by atoms with Gasteiger partial charge in [0.05, 0.1) is 0 Å². The Morgan fingerprint density at radius 1 is 1.09 bits per heavy atom. The van der Waals surface area contributed by atoms with E-state index in [4.69, 9.17) is 4.74 Å². The highest BCUT2D eigenvalue weighted by Crippen LogP contribution is 2.28. The Hall–Kier alpha value is -2.09. The third kappa shape index (κ3) is 3.38. The summed E-state index contributed by atoms with van der Waals surface area (Å²) < 4.78 is 43.3. The first kappa shape index (κ1) is 14.8. The van der Waals surface area contributed by atoms with Crippen molar-refractivity contribution in [1.82, 2.24) is 20.5 Å². The number of aromatic nitrogens is 3.